The number of imidazole rings is 1. The Bertz CT molecular complexity index is 1060. The molecule has 1 aliphatic rings. The van der Waals surface area contributed by atoms with Gasteiger partial charge >= 0.3 is 0 Å². The number of hydrogen-bond acceptors (Lipinski definition) is 7. The van der Waals surface area contributed by atoms with Crippen molar-refractivity contribution in [1.82, 2.24) is 19.3 Å². The molecule has 1 aliphatic heterocycles. The predicted octanol–water partition coefficient (Wildman–Crippen LogP) is 1.12. The second kappa shape index (κ2) is 6.39. The van der Waals surface area contributed by atoms with Crippen molar-refractivity contribution in [3.05, 3.63) is 30.5 Å². The number of pyridine rings is 1. The van der Waals surface area contributed by atoms with E-state index in [2.05, 4.69) is 15.0 Å². The van der Waals surface area contributed by atoms with Crippen molar-refractivity contribution in [1.29, 1.82) is 0 Å². The Hall–Kier alpha value is -2.85. The molecule has 0 atom stereocenters. The fraction of sp³-hybridized carbons (Fsp3) is 0.294. The summed E-state index contributed by atoms with van der Waals surface area (Å²) in [6.45, 7) is 1.85. The molecule has 3 aromatic rings. The average molecular weight is 389 g/mol. The molecule has 9 nitrogen and oxygen atoms in total. The lowest BCUT2D eigenvalue weighted by molar-refractivity contribution is 0.387. The summed E-state index contributed by atoms with van der Waals surface area (Å²) in [4.78, 5) is 14.1. The van der Waals surface area contributed by atoms with Gasteiger partial charge in [0.1, 0.15) is 11.6 Å². The first-order chi connectivity index (χ1) is 12.8. The fourth-order valence-corrected chi connectivity index (χ4v) is 4.05. The van der Waals surface area contributed by atoms with Crippen LogP contribution in [0, 0.1) is 0 Å². The number of H-pyrrole nitrogens is 1. The van der Waals surface area contributed by atoms with E-state index >= 15 is 0 Å². The van der Waals surface area contributed by atoms with Crippen molar-refractivity contribution >= 4 is 26.9 Å². The molecule has 3 N–H and O–H groups in total. The molecule has 2 aromatic heterocycles. The van der Waals surface area contributed by atoms with Gasteiger partial charge in [-0.25, -0.2) is 18.4 Å². The number of aromatic nitrogens is 3. The number of nitrogens with zero attached hydrogens (tertiary/aromatic N) is 4. The Balaban J connectivity index is 1.68. The van der Waals surface area contributed by atoms with Crippen LogP contribution < -0.4 is 4.90 Å². The van der Waals surface area contributed by atoms with Gasteiger partial charge < -0.3 is 20.1 Å². The molecule has 3 heterocycles. The Morgan fingerprint density at radius 1 is 1.11 bits per heavy atom. The van der Waals surface area contributed by atoms with E-state index in [1.54, 1.807) is 12.3 Å². The Morgan fingerprint density at radius 2 is 1.81 bits per heavy atom. The first kappa shape index (κ1) is 17.6. The lowest BCUT2D eigenvalue weighted by atomic mass is 10.2. The van der Waals surface area contributed by atoms with Crippen molar-refractivity contribution < 1.29 is 18.6 Å². The van der Waals surface area contributed by atoms with Crippen LogP contribution in [-0.2, 0) is 10.0 Å². The maximum absolute atomic E-state index is 11.7. The number of aromatic hydroxyl groups is 2. The molecule has 0 bridgehead atoms. The number of aromatic amines is 1. The normalized spacial score (nSPS) is 16.1. The summed E-state index contributed by atoms with van der Waals surface area (Å²) in [5, 5.41) is 19.3. The lowest BCUT2D eigenvalue weighted by Gasteiger charge is -2.34. The summed E-state index contributed by atoms with van der Waals surface area (Å²) < 4.78 is 24.9. The molecule has 0 aliphatic carbocycles. The second-order valence-corrected chi connectivity index (χ2v) is 8.45. The predicted molar refractivity (Wildman–Crippen MR) is 101 cm³/mol. The number of anilines is 1. The van der Waals surface area contributed by atoms with Crippen LogP contribution in [0.25, 0.3) is 22.4 Å². The van der Waals surface area contributed by atoms with Crippen molar-refractivity contribution in [3.63, 3.8) is 0 Å². The smallest absolute Gasteiger partial charge is 0.211 e. The molecule has 0 spiro atoms. The first-order valence-electron chi connectivity index (χ1n) is 8.40. The van der Waals surface area contributed by atoms with Crippen LogP contribution in [0.4, 0.5) is 5.82 Å². The standard InChI is InChI=1S/C17H19N5O4S/c1-27(25,26)22-7-5-21(6-8-22)17-11(3-2-4-18-17)16-19-12-9-14(23)15(24)10-13(12)20-16/h2-4,9-10,23-24H,5-8H2,1H3,(H,19,20). The summed E-state index contributed by atoms with van der Waals surface area (Å²) in [6, 6.07) is 6.49. The molecule has 0 amide bonds. The van der Waals surface area contributed by atoms with Crippen LogP contribution in [0.3, 0.4) is 0 Å². The van der Waals surface area contributed by atoms with E-state index in [4.69, 9.17) is 0 Å². The molecule has 142 valence electrons. The molecule has 27 heavy (non-hydrogen) atoms. The van der Waals surface area contributed by atoms with E-state index in [0.29, 0.717) is 48.9 Å². The minimum absolute atomic E-state index is 0.221. The highest BCUT2D eigenvalue weighted by molar-refractivity contribution is 7.88. The number of hydrogen-bond donors (Lipinski definition) is 3. The van der Waals surface area contributed by atoms with Crippen molar-refractivity contribution in [3.8, 4) is 22.9 Å². The largest absolute Gasteiger partial charge is 0.504 e. The Morgan fingerprint density at radius 3 is 2.52 bits per heavy atom. The summed E-state index contributed by atoms with van der Waals surface area (Å²) in [6.07, 6.45) is 2.90. The number of fused-ring (bicyclic) bond motifs is 1. The third kappa shape index (κ3) is 3.28. The van der Waals surface area contributed by atoms with Crippen LogP contribution in [0.5, 0.6) is 11.5 Å². The molecule has 0 saturated carbocycles. The van der Waals surface area contributed by atoms with Crippen LogP contribution in [0.2, 0.25) is 0 Å². The van der Waals surface area contributed by atoms with Crippen molar-refractivity contribution in [2.24, 2.45) is 0 Å². The monoisotopic (exact) mass is 389 g/mol. The minimum Gasteiger partial charge on any atom is -0.504 e. The number of benzene rings is 1. The van der Waals surface area contributed by atoms with E-state index in [1.165, 1.54) is 22.7 Å². The van der Waals surface area contributed by atoms with Crippen LogP contribution in [-0.4, -0.2) is 70.3 Å². The zero-order chi connectivity index (χ0) is 19.2. The van der Waals surface area contributed by atoms with Crippen molar-refractivity contribution in [2.45, 2.75) is 0 Å². The highest BCUT2D eigenvalue weighted by Crippen LogP contribution is 2.33. The van der Waals surface area contributed by atoms with Gasteiger partial charge in [0, 0.05) is 44.5 Å². The third-order valence-electron chi connectivity index (χ3n) is 4.63. The third-order valence-corrected chi connectivity index (χ3v) is 5.93. The van der Waals surface area contributed by atoms with Gasteiger partial charge in [-0.15, -0.1) is 0 Å². The molecular weight excluding hydrogens is 370 g/mol. The summed E-state index contributed by atoms with van der Waals surface area (Å²) >= 11 is 0. The van der Waals surface area contributed by atoms with Gasteiger partial charge in [0.25, 0.3) is 0 Å². The van der Waals surface area contributed by atoms with Gasteiger partial charge in [-0.05, 0) is 12.1 Å². The van der Waals surface area contributed by atoms with Gasteiger partial charge in [-0.1, -0.05) is 0 Å². The highest BCUT2D eigenvalue weighted by atomic mass is 32.2. The molecular formula is C17H19N5O4S. The average Bonchev–Trinajstić information content (AvgIpc) is 3.04. The first-order valence-corrected chi connectivity index (χ1v) is 10.2. The quantitative estimate of drug-likeness (QED) is 0.574. The van der Waals surface area contributed by atoms with Crippen molar-refractivity contribution in [2.75, 3.05) is 37.3 Å². The fourth-order valence-electron chi connectivity index (χ4n) is 3.23. The van der Waals surface area contributed by atoms with E-state index < -0.39 is 10.0 Å². The molecule has 1 aromatic carbocycles. The van der Waals surface area contributed by atoms with Gasteiger partial charge in [-0.2, -0.15) is 4.31 Å². The van der Waals surface area contributed by atoms with Gasteiger partial charge in [0.15, 0.2) is 11.5 Å². The van der Waals surface area contributed by atoms with Crippen LogP contribution in [0.1, 0.15) is 0 Å². The summed E-state index contributed by atoms with van der Waals surface area (Å²) in [7, 11) is -3.20. The Labute approximate surface area is 156 Å². The lowest BCUT2D eigenvalue weighted by Crippen LogP contribution is -2.48. The summed E-state index contributed by atoms with van der Waals surface area (Å²) in [5.74, 6) is 0.812. The maximum Gasteiger partial charge on any atom is 0.211 e. The second-order valence-electron chi connectivity index (χ2n) is 6.47. The van der Waals surface area contributed by atoms with E-state index in [1.807, 2.05) is 11.0 Å². The molecule has 1 fully saturated rings. The number of nitrogens with one attached hydrogen (secondary N) is 1. The summed E-state index contributed by atoms with van der Waals surface area (Å²) in [5.41, 5.74) is 1.88. The zero-order valence-electron chi connectivity index (χ0n) is 14.6. The van der Waals surface area contributed by atoms with Crippen LogP contribution in [0.15, 0.2) is 30.5 Å². The highest BCUT2D eigenvalue weighted by Gasteiger charge is 2.26. The number of rotatable bonds is 3. The topological polar surface area (TPSA) is 123 Å². The van der Waals surface area contributed by atoms with Gasteiger partial charge in [-0.3, -0.25) is 0 Å². The van der Waals surface area contributed by atoms with E-state index in [9.17, 15) is 18.6 Å². The minimum atomic E-state index is -3.20. The molecule has 10 heteroatoms. The molecule has 0 radical (unpaired) electrons. The molecule has 0 unspecified atom stereocenters. The number of phenolic OH excluding ortho intramolecular Hbond substituents is 2. The van der Waals surface area contributed by atoms with E-state index in [0.717, 1.165) is 5.56 Å². The molecule has 1 saturated heterocycles. The number of piperazine rings is 1. The molecule has 4 rings (SSSR count). The maximum atomic E-state index is 11.7. The zero-order valence-corrected chi connectivity index (χ0v) is 15.4. The van der Waals surface area contributed by atoms with Gasteiger partial charge in [0.2, 0.25) is 10.0 Å². The van der Waals surface area contributed by atoms with Gasteiger partial charge in [0.05, 0.1) is 22.9 Å². The SMILES string of the molecule is CS(=O)(=O)N1CCN(c2ncccc2-c2nc3cc(O)c(O)cc3[nH]2)CC1. The number of phenols is 2. The van der Waals surface area contributed by atoms with Crippen LogP contribution >= 0.6 is 0 Å². The Kier molecular flexibility index (Phi) is 4.16. The van der Waals surface area contributed by atoms with E-state index in [-0.39, 0.29) is 11.5 Å². The number of sulfonamides is 1.